The van der Waals surface area contributed by atoms with E-state index in [9.17, 15) is 4.79 Å². The third kappa shape index (κ3) is 2.95. The molecule has 1 aromatic heterocycles. The van der Waals surface area contributed by atoms with Crippen LogP contribution in [0.1, 0.15) is 33.6 Å². The van der Waals surface area contributed by atoms with Crippen LogP contribution in [0.15, 0.2) is 42.5 Å². The van der Waals surface area contributed by atoms with E-state index in [0.29, 0.717) is 11.3 Å². The van der Waals surface area contributed by atoms with Crippen LogP contribution in [0.25, 0.3) is 10.9 Å². The number of hydrogen-bond donors (Lipinski definition) is 1. The van der Waals surface area contributed by atoms with Crippen molar-refractivity contribution in [2.24, 2.45) is 0 Å². The Hall–Kier alpha value is -2.88. The van der Waals surface area contributed by atoms with E-state index in [-0.39, 0.29) is 5.91 Å². The monoisotopic (exact) mass is 332 g/mol. The minimum atomic E-state index is -0.124. The molecule has 0 unspecified atom stereocenters. The molecule has 0 radical (unpaired) electrons. The second-order valence-corrected chi connectivity index (χ2v) is 6.47. The van der Waals surface area contributed by atoms with Gasteiger partial charge in [-0.25, -0.2) is 0 Å². The van der Waals surface area contributed by atoms with Gasteiger partial charge in [0, 0.05) is 17.1 Å². The first-order valence-electron chi connectivity index (χ1n) is 8.52. The van der Waals surface area contributed by atoms with E-state index < -0.39 is 0 Å². The summed E-state index contributed by atoms with van der Waals surface area (Å²) in [6.45, 7) is 1.86. The lowest BCUT2D eigenvalue weighted by Gasteiger charge is -2.10. The van der Waals surface area contributed by atoms with Crippen molar-refractivity contribution in [3.63, 3.8) is 0 Å². The fourth-order valence-electron chi connectivity index (χ4n) is 3.45. The second kappa shape index (κ2) is 6.20. The number of nitrogens with one attached hydrogen (secondary N) is 1. The van der Waals surface area contributed by atoms with Crippen LogP contribution >= 0.6 is 0 Å². The summed E-state index contributed by atoms with van der Waals surface area (Å²) >= 11 is 0. The molecule has 25 heavy (non-hydrogen) atoms. The molecule has 0 spiro atoms. The first kappa shape index (κ1) is 15.6. The summed E-state index contributed by atoms with van der Waals surface area (Å²) in [7, 11) is 1.63. The number of aryl methyl sites for hydroxylation is 3. The number of carbonyl (C=O) groups excluding carboxylic acids is 1. The number of pyridine rings is 1. The van der Waals surface area contributed by atoms with Crippen molar-refractivity contribution < 1.29 is 9.53 Å². The van der Waals surface area contributed by atoms with Gasteiger partial charge < -0.3 is 10.1 Å². The molecular formula is C21H20N2O2. The Morgan fingerprint density at radius 2 is 1.92 bits per heavy atom. The van der Waals surface area contributed by atoms with Crippen LogP contribution in [0.3, 0.4) is 0 Å². The van der Waals surface area contributed by atoms with Gasteiger partial charge in [-0.1, -0.05) is 6.07 Å². The third-order valence-electron chi connectivity index (χ3n) is 4.82. The maximum absolute atomic E-state index is 12.7. The summed E-state index contributed by atoms with van der Waals surface area (Å²) in [6, 6.07) is 13.8. The normalized spacial score (nSPS) is 12.9. The number of amides is 1. The molecule has 0 bridgehead atoms. The van der Waals surface area contributed by atoms with E-state index in [1.165, 1.54) is 17.5 Å². The number of nitrogens with zero attached hydrogens (tertiary/aromatic N) is 1. The van der Waals surface area contributed by atoms with Crippen molar-refractivity contribution in [1.82, 2.24) is 4.98 Å². The van der Waals surface area contributed by atoms with Crippen LogP contribution < -0.4 is 10.1 Å². The van der Waals surface area contributed by atoms with Crippen molar-refractivity contribution >= 4 is 22.5 Å². The molecule has 1 heterocycles. The summed E-state index contributed by atoms with van der Waals surface area (Å²) in [5, 5.41) is 3.93. The average Bonchev–Trinajstić information content (AvgIpc) is 3.08. The van der Waals surface area contributed by atoms with Crippen molar-refractivity contribution in [2.45, 2.75) is 26.2 Å². The van der Waals surface area contributed by atoms with Crippen molar-refractivity contribution in [3.8, 4) is 5.75 Å². The molecule has 126 valence electrons. The Morgan fingerprint density at radius 1 is 1.08 bits per heavy atom. The Morgan fingerprint density at radius 3 is 2.76 bits per heavy atom. The van der Waals surface area contributed by atoms with Gasteiger partial charge in [-0.3, -0.25) is 9.78 Å². The molecule has 0 fully saturated rings. The molecule has 0 aliphatic heterocycles. The number of hydrogen-bond acceptors (Lipinski definition) is 3. The minimum absolute atomic E-state index is 0.124. The Balaban J connectivity index is 1.64. The summed E-state index contributed by atoms with van der Waals surface area (Å²) in [6.07, 6.45) is 3.43. The van der Waals surface area contributed by atoms with Gasteiger partial charge in [0.05, 0.1) is 23.9 Å². The van der Waals surface area contributed by atoms with Crippen molar-refractivity contribution in [1.29, 1.82) is 0 Å². The molecule has 3 aromatic rings. The first-order chi connectivity index (χ1) is 12.1. The Labute approximate surface area is 146 Å². The number of carbonyl (C=O) groups is 1. The molecule has 4 rings (SSSR count). The number of aromatic nitrogens is 1. The lowest BCUT2D eigenvalue weighted by Crippen LogP contribution is -2.14. The number of rotatable bonds is 3. The van der Waals surface area contributed by atoms with E-state index in [1.807, 2.05) is 37.3 Å². The van der Waals surface area contributed by atoms with Gasteiger partial charge in [-0.05, 0) is 67.6 Å². The number of benzene rings is 2. The van der Waals surface area contributed by atoms with E-state index >= 15 is 0 Å². The number of anilines is 1. The van der Waals surface area contributed by atoms with Gasteiger partial charge in [0.15, 0.2) is 0 Å². The molecule has 0 saturated carbocycles. The molecular weight excluding hydrogens is 312 g/mol. The molecule has 0 atom stereocenters. The van der Waals surface area contributed by atoms with E-state index in [0.717, 1.165) is 35.2 Å². The van der Waals surface area contributed by atoms with Gasteiger partial charge >= 0.3 is 0 Å². The summed E-state index contributed by atoms with van der Waals surface area (Å²) in [4.78, 5) is 17.3. The molecule has 0 saturated heterocycles. The maximum atomic E-state index is 12.7. The smallest absolute Gasteiger partial charge is 0.257 e. The quantitative estimate of drug-likeness (QED) is 0.778. The zero-order valence-corrected chi connectivity index (χ0v) is 14.4. The predicted octanol–water partition coefficient (Wildman–Crippen LogP) is 4.29. The van der Waals surface area contributed by atoms with Crippen molar-refractivity contribution in [3.05, 3.63) is 64.8 Å². The summed E-state index contributed by atoms with van der Waals surface area (Å²) in [5.74, 6) is 0.635. The van der Waals surface area contributed by atoms with E-state index in [4.69, 9.17) is 4.74 Å². The van der Waals surface area contributed by atoms with Gasteiger partial charge in [0.1, 0.15) is 5.75 Å². The maximum Gasteiger partial charge on any atom is 0.257 e. The zero-order valence-electron chi connectivity index (χ0n) is 14.4. The second-order valence-electron chi connectivity index (χ2n) is 6.47. The average molecular weight is 332 g/mol. The predicted molar refractivity (Wildman–Crippen MR) is 99.5 cm³/mol. The fourth-order valence-corrected chi connectivity index (χ4v) is 3.45. The fraction of sp³-hybridized carbons (Fsp3) is 0.238. The summed E-state index contributed by atoms with van der Waals surface area (Å²) in [5.41, 5.74) is 5.72. The lowest BCUT2D eigenvalue weighted by molar-refractivity contribution is 0.102. The highest BCUT2D eigenvalue weighted by Gasteiger charge is 2.15. The highest BCUT2D eigenvalue weighted by Crippen LogP contribution is 2.26. The molecule has 4 heteroatoms. The molecule has 1 N–H and O–H groups in total. The van der Waals surface area contributed by atoms with Crippen LogP contribution in [0, 0.1) is 6.92 Å². The van der Waals surface area contributed by atoms with E-state index in [2.05, 4.69) is 22.4 Å². The van der Waals surface area contributed by atoms with Crippen LogP contribution in [-0.2, 0) is 12.8 Å². The van der Waals surface area contributed by atoms with E-state index in [1.54, 1.807) is 7.11 Å². The highest BCUT2D eigenvalue weighted by molar-refractivity contribution is 6.06. The van der Waals surface area contributed by atoms with Gasteiger partial charge in [0.2, 0.25) is 0 Å². The topological polar surface area (TPSA) is 51.2 Å². The molecule has 1 aliphatic carbocycles. The van der Waals surface area contributed by atoms with Gasteiger partial charge in [0.25, 0.3) is 5.91 Å². The molecule has 2 aromatic carbocycles. The van der Waals surface area contributed by atoms with Crippen LogP contribution in [-0.4, -0.2) is 18.0 Å². The number of methoxy groups -OCH3 is 1. The standard InChI is InChI=1S/C21H20N2O2/c1-13-19(11-16-7-9-18(25-2)12-20(16)22-13)21(24)23-17-8-6-14-4-3-5-15(14)10-17/h6-12H,3-5H2,1-2H3,(H,23,24). The highest BCUT2D eigenvalue weighted by atomic mass is 16.5. The van der Waals surface area contributed by atoms with Crippen LogP contribution in [0.5, 0.6) is 5.75 Å². The summed E-state index contributed by atoms with van der Waals surface area (Å²) < 4.78 is 5.24. The number of ether oxygens (including phenoxy) is 1. The molecule has 4 nitrogen and oxygen atoms in total. The SMILES string of the molecule is COc1ccc2cc(C(=O)Nc3ccc4c(c3)CCC4)c(C)nc2c1. The molecule has 1 aliphatic rings. The van der Waals surface area contributed by atoms with Gasteiger partial charge in [-0.15, -0.1) is 0 Å². The van der Waals surface area contributed by atoms with Crippen LogP contribution in [0.2, 0.25) is 0 Å². The number of fused-ring (bicyclic) bond motifs is 2. The Bertz CT molecular complexity index is 979. The van der Waals surface area contributed by atoms with Crippen molar-refractivity contribution in [2.75, 3.05) is 12.4 Å². The minimum Gasteiger partial charge on any atom is -0.497 e. The first-order valence-corrected chi connectivity index (χ1v) is 8.52. The Kier molecular flexibility index (Phi) is 3.88. The molecule has 1 amide bonds. The van der Waals surface area contributed by atoms with Gasteiger partial charge in [-0.2, -0.15) is 0 Å². The van der Waals surface area contributed by atoms with Crippen LogP contribution in [0.4, 0.5) is 5.69 Å². The largest absolute Gasteiger partial charge is 0.497 e. The third-order valence-corrected chi connectivity index (χ3v) is 4.82. The zero-order chi connectivity index (χ0) is 17.4. The lowest BCUT2D eigenvalue weighted by atomic mass is 10.1.